The van der Waals surface area contributed by atoms with Crippen molar-refractivity contribution in [3.05, 3.63) is 65.2 Å². The Labute approximate surface area is 103 Å². The second kappa shape index (κ2) is 5.11. The van der Waals surface area contributed by atoms with Crippen LogP contribution < -0.4 is 0 Å². The maximum Gasteiger partial charge on any atom is 0.355 e. The van der Waals surface area contributed by atoms with Gasteiger partial charge in [0.1, 0.15) is 5.82 Å². The van der Waals surface area contributed by atoms with Crippen molar-refractivity contribution in [3.8, 4) is 11.8 Å². The molecule has 0 aliphatic rings. The van der Waals surface area contributed by atoms with Crippen LogP contribution >= 0.6 is 0 Å². The van der Waals surface area contributed by atoms with Gasteiger partial charge in [0.2, 0.25) is 0 Å². The molecular formula is C14H8FNO2. The largest absolute Gasteiger partial charge is 0.476 e. The number of rotatable bonds is 1. The molecule has 0 amide bonds. The zero-order valence-corrected chi connectivity index (χ0v) is 9.22. The number of hydrogen-bond acceptors (Lipinski definition) is 2. The molecule has 0 spiro atoms. The SMILES string of the molecule is O=C(O)c1ncccc1C#Cc1cccc(F)c1. The number of carboxylic acid groups (broad SMARTS) is 1. The summed E-state index contributed by atoms with van der Waals surface area (Å²) in [6.45, 7) is 0. The van der Waals surface area contributed by atoms with Crippen LogP contribution in [0.1, 0.15) is 21.6 Å². The quantitative estimate of drug-likeness (QED) is 0.779. The van der Waals surface area contributed by atoms with Crippen LogP contribution in [0.5, 0.6) is 0 Å². The Hall–Kier alpha value is -2.67. The normalized spacial score (nSPS) is 9.39. The van der Waals surface area contributed by atoms with Crippen LogP contribution in [0.4, 0.5) is 4.39 Å². The van der Waals surface area contributed by atoms with Gasteiger partial charge in [-0.15, -0.1) is 0 Å². The molecule has 2 rings (SSSR count). The van der Waals surface area contributed by atoms with Crippen molar-refractivity contribution in [2.24, 2.45) is 0 Å². The van der Waals surface area contributed by atoms with E-state index >= 15 is 0 Å². The van der Waals surface area contributed by atoms with Crippen molar-refractivity contribution in [2.45, 2.75) is 0 Å². The summed E-state index contributed by atoms with van der Waals surface area (Å²) in [7, 11) is 0. The van der Waals surface area contributed by atoms with E-state index in [9.17, 15) is 9.18 Å². The van der Waals surface area contributed by atoms with Gasteiger partial charge in [0.05, 0.1) is 5.56 Å². The molecule has 88 valence electrons. The van der Waals surface area contributed by atoms with Gasteiger partial charge in [-0.05, 0) is 30.3 Å². The van der Waals surface area contributed by atoms with Gasteiger partial charge in [-0.1, -0.05) is 17.9 Å². The standard InChI is InChI=1S/C14H8FNO2/c15-12-5-1-3-10(9-12)6-7-11-4-2-8-16-13(11)14(17)18/h1-5,8-9H,(H,17,18). The maximum atomic E-state index is 12.9. The Kier molecular flexibility index (Phi) is 3.35. The van der Waals surface area contributed by atoms with Crippen LogP contribution in [0.2, 0.25) is 0 Å². The summed E-state index contributed by atoms with van der Waals surface area (Å²) in [5, 5.41) is 8.92. The molecule has 4 heteroatoms. The summed E-state index contributed by atoms with van der Waals surface area (Å²) < 4.78 is 12.9. The number of carbonyl (C=O) groups is 1. The first-order chi connectivity index (χ1) is 8.66. The van der Waals surface area contributed by atoms with E-state index in [0.717, 1.165) is 0 Å². The third-order valence-electron chi connectivity index (χ3n) is 2.18. The Morgan fingerprint density at radius 1 is 1.22 bits per heavy atom. The zero-order valence-electron chi connectivity index (χ0n) is 9.22. The number of halogens is 1. The molecule has 0 aliphatic carbocycles. The topological polar surface area (TPSA) is 50.2 Å². The molecule has 0 atom stereocenters. The first-order valence-electron chi connectivity index (χ1n) is 5.13. The van der Waals surface area contributed by atoms with Crippen LogP contribution in [-0.2, 0) is 0 Å². The Balaban J connectivity index is 2.39. The lowest BCUT2D eigenvalue weighted by molar-refractivity contribution is 0.0690. The van der Waals surface area contributed by atoms with E-state index in [1.165, 1.54) is 18.3 Å². The number of nitrogens with zero attached hydrogens (tertiary/aromatic N) is 1. The minimum Gasteiger partial charge on any atom is -0.476 e. The van der Waals surface area contributed by atoms with E-state index in [-0.39, 0.29) is 11.5 Å². The monoisotopic (exact) mass is 241 g/mol. The van der Waals surface area contributed by atoms with Gasteiger partial charge in [-0.2, -0.15) is 0 Å². The van der Waals surface area contributed by atoms with E-state index in [0.29, 0.717) is 11.1 Å². The van der Waals surface area contributed by atoms with Gasteiger partial charge < -0.3 is 5.11 Å². The lowest BCUT2D eigenvalue weighted by atomic mass is 10.1. The summed E-state index contributed by atoms with van der Waals surface area (Å²) >= 11 is 0. The molecule has 3 nitrogen and oxygen atoms in total. The summed E-state index contributed by atoms with van der Waals surface area (Å²) in [5.41, 5.74) is 0.672. The molecule has 1 aromatic heterocycles. The highest BCUT2D eigenvalue weighted by molar-refractivity contribution is 5.88. The zero-order chi connectivity index (χ0) is 13.0. The molecule has 18 heavy (non-hydrogen) atoms. The first-order valence-corrected chi connectivity index (χ1v) is 5.13. The molecule has 2 aromatic rings. The average molecular weight is 241 g/mol. The second-order valence-electron chi connectivity index (χ2n) is 3.47. The van der Waals surface area contributed by atoms with E-state index in [1.54, 1.807) is 24.3 Å². The second-order valence-corrected chi connectivity index (χ2v) is 3.47. The van der Waals surface area contributed by atoms with E-state index < -0.39 is 5.97 Å². The third-order valence-corrected chi connectivity index (χ3v) is 2.18. The van der Waals surface area contributed by atoms with Crippen molar-refractivity contribution in [3.63, 3.8) is 0 Å². The maximum absolute atomic E-state index is 12.9. The molecule has 0 fully saturated rings. The van der Waals surface area contributed by atoms with Gasteiger partial charge in [0.25, 0.3) is 0 Å². The number of hydrogen-bond donors (Lipinski definition) is 1. The smallest absolute Gasteiger partial charge is 0.355 e. The van der Waals surface area contributed by atoms with Crippen molar-refractivity contribution in [1.82, 2.24) is 4.98 Å². The van der Waals surface area contributed by atoms with Crippen LogP contribution in [-0.4, -0.2) is 16.1 Å². The Morgan fingerprint density at radius 2 is 2.06 bits per heavy atom. The lowest BCUT2D eigenvalue weighted by Gasteiger charge is -1.96. The summed E-state index contributed by atoms with van der Waals surface area (Å²) in [5.74, 6) is 3.86. The minimum absolute atomic E-state index is 0.110. The third kappa shape index (κ3) is 2.71. The number of pyridine rings is 1. The number of aromatic carboxylic acids is 1. The first kappa shape index (κ1) is 11.8. The van der Waals surface area contributed by atoms with Crippen molar-refractivity contribution < 1.29 is 14.3 Å². The van der Waals surface area contributed by atoms with Gasteiger partial charge in [-0.25, -0.2) is 14.2 Å². The summed E-state index contributed by atoms with van der Waals surface area (Å²) in [6.07, 6.45) is 1.39. The van der Waals surface area contributed by atoms with Crippen LogP contribution in [0.3, 0.4) is 0 Å². The fraction of sp³-hybridized carbons (Fsp3) is 0. The Bertz CT molecular complexity index is 656. The van der Waals surface area contributed by atoms with E-state index in [1.807, 2.05) is 0 Å². The highest BCUT2D eigenvalue weighted by atomic mass is 19.1. The van der Waals surface area contributed by atoms with Gasteiger partial charge in [-0.3, -0.25) is 0 Å². The molecule has 0 saturated carbocycles. The Morgan fingerprint density at radius 3 is 2.78 bits per heavy atom. The highest BCUT2D eigenvalue weighted by Gasteiger charge is 2.08. The van der Waals surface area contributed by atoms with Gasteiger partial charge >= 0.3 is 5.97 Å². The highest BCUT2D eigenvalue weighted by Crippen LogP contribution is 2.05. The van der Waals surface area contributed by atoms with Crippen LogP contribution in [0, 0.1) is 17.7 Å². The van der Waals surface area contributed by atoms with Gasteiger partial charge in [0, 0.05) is 11.8 Å². The molecule has 0 unspecified atom stereocenters. The van der Waals surface area contributed by atoms with Crippen molar-refractivity contribution in [2.75, 3.05) is 0 Å². The number of aromatic nitrogens is 1. The molecule has 1 N–H and O–H groups in total. The predicted octanol–water partition coefficient (Wildman–Crippen LogP) is 2.32. The number of carboxylic acids is 1. The molecule has 1 aromatic carbocycles. The molecular weight excluding hydrogens is 233 g/mol. The van der Waals surface area contributed by atoms with Crippen LogP contribution in [0.15, 0.2) is 42.6 Å². The molecule has 0 aliphatic heterocycles. The molecule has 0 saturated heterocycles. The summed E-state index contributed by atoms with van der Waals surface area (Å²) in [4.78, 5) is 14.6. The molecule has 0 bridgehead atoms. The fourth-order valence-electron chi connectivity index (χ4n) is 1.38. The van der Waals surface area contributed by atoms with Crippen LogP contribution in [0.25, 0.3) is 0 Å². The van der Waals surface area contributed by atoms with E-state index in [2.05, 4.69) is 16.8 Å². The van der Waals surface area contributed by atoms with E-state index in [4.69, 9.17) is 5.11 Å². The summed E-state index contributed by atoms with van der Waals surface area (Å²) in [6, 6.07) is 8.94. The van der Waals surface area contributed by atoms with Crippen molar-refractivity contribution >= 4 is 5.97 Å². The fourth-order valence-corrected chi connectivity index (χ4v) is 1.38. The van der Waals surface area contributed by atoms with Gasteiger partial charge in [0.15, 0.2) is 5.69 Å². The lowest BCUT2D eigenvalue weighted by Crippen LogP contribution is -2.02. The predicted molar refractivity (Wildman–Crippen MR) is 63.6 cm³/mol. The molecule has 0 radical (unpaired) electrons. The molecule has 1 heterocycles. The minimum atomic E-state index is -1.14. The number of benzene rings is 1. The average Bonchev–Trinajstić information content (AvgIpc) is 2.37. The van der Waals surface area contributed by atoms with Crippen molar-refractivity contribution in [1.29, 1.82) is 0 Å².